The van der Waals surface area contributed by atoms with Gasteiger partial charge in [0.1, 0.15) is 0 Å². The molecule has 134 valence electrons. The highest BCUT2D eigenvalue weighted by molar-refractivity contribution is 7.89. The first-order valence-corrected chi connectivity index (χ1v) is 8.87. The number of para-hydroxylation sites is 2. The van der Waals surface area contributed by atoms with Crippen molar-refractivity contribution in [1.29, 1.82) is 0 Å². The van der Waals surface area contributed by atoms with E-state index in [1.165, 1.54) is 45.5 Å². The Morgan fingerprint density at radius 1 is 1.04 bits per heavy atom. The van der Waals surface area contributed by atoms with Crippen molar-refractivity contribution < 1.29 is 22.7 Å². The third kappa shape index (κ3) is 4.71. The molecule has 0 fully saturated rings. The van der Waals surface area contributed by atoms with Crippen molar-refractivity contribution in [2.24, 2.45) is 0 Å². The highest BCUT2D eigenvalue weighted by Crippen LogP contribution is 2.25. The van der Waals surface area contributed by atoms with Gasteiger partial charge in [0.25, 0.3) is 5.91 Å². The Bertz CT molecular complexity index is 832. The van der Waals surface area contributed by atoms with E-state index in [1.54, 1.807) is 24.3 Å². The molecular formula is C17H20N2O5S. The molecule has 0 heterocycles. The number of anilines is 1. The molecule has 0 atom stereocenters. The normalized spacial score (nSPS) is 11.2. The Hall–Kier alpha value is -2.58. The summed E-state index contributed by atoms with van der Waals surface area (Å²) >= 11 is 0. The molecule has 2 aromatic carbocycles. The van der Waals surface area contributed by atoms with Crippen molar-refractivity contribution in [3.05, 3.63) is 48.5 Å². The SMILES string of the molecule is COc1ccccc1OCC(=O)Nc1ccc(S(=O)(=O)N(C)C)cc1. The predicted molar refractivity (Wildman–Crippen MR) is 94.4 cm³/mol. The van der Waals surface area contributed by atoms with Gasteiger partial charge in [-0.25, -0.2) is 12.7 Å². The maximum Gasteiger partial charge on any atom is 0.262 e. The Kier molecular flexibility index (Phi) is 6.00. The number of methoxy groups -OCH3 is 1. The maximum absolute atomic E-state index is 12.0. The second kappa shape index (κ2) is 8.00. The first kappa shape index (κ1) is 18.8. The minimum atomic E-state index is -3.49. The van der Waals surface area contributed by atoms with E-state index in [0.717, 1.165) is 4.31 Å². The van der Waals surface area contributed by atoms with Crippen molar-refractivity contribution in [3.63, 3.8) is 0 Å². The van der Waals surface area contributed by atoms with Crippen LogP contribution in [-0.2, 0) is 14.8 Å². The highest BCUT2D eigenvalue weighted by atomic mass is 32.2. The van der Waals surface area contributed by atoms with Gasteiger partial charge in [0.05, 0.1) is 12.0 Å². The number of hydrogen-bond acceptors (Lipinski definition) is 5. The van der Waals surface area contributed by atoms with E-state index in [9.17, 15) is 13.2 Å². The minimum absolute atomic E-state index is 0.153. The molecule has 0 saturated carbocycles. The smallest absolute Gasteiger partial charge is 0.262 e. The lowest BCUT2D eigenvalue weighted by Crippen LogP contribution is -2.22. The van der Waals surface area contributed by atoms with Crippen molar-refractivity contribution >= 4 is 21.6 Å². The summed E-state index contributed by atoms with van der Waals surface area (Å²) in [6.07, 6.45) is 0. The lowest BCUT2D eigenvalue weighted by Gasteiger charge is -2.12. The van der Waals surface area contributed by atoms with E-state index in [0.29, 0.717) is 17.2 Å². The summed E-state index contributed by atoms with van der Waals surface area (Å²) in [5.41, 5.74) is 0.478. The third-order valence-electron chi connectivity index (χ3n) is 3.34. The molecule has 0 aromatic heterocycles. The molecular weight excluding hydrogens is 344 g/mol. The number of nitrogens with one attached hydrogen (secondary N) is 1. The number of nitrogens with zero attached hydrogens (tertiary/aromatic N) is 1. The number of carbonyl (C=O) groups is 1. The Labute approximate surface area is 147 Å². The number of rotatable bonds is 7. The largest absolute Gasteiger partial charge is 0.493 e. The van der Waals surface area contributed by atoms with Crippen LogP contribution in [0.15, 0.2) is 53.4 Å². The van der Waals surface area contributed by atoms with E-state index in [2.05, 4.69) is 5.32 Å². The van der Waals surface area contributed by atoms with Gasteiger partial charge in [-0.1, -0.05) is 12.1 Å². The fourth-order valence-corrected chi connectivity index (χ4v) is 2.90. The number of amides is 1. The van der Waals surface area contributed by atoms with Gasteiger partial charge in [-0.3, -0.25) is 4.79 Å². The Balaban J connectivity index is 1.97. The molecule has 0 saturated heterocycles. The number of hydrogen-bond donors (Lipinski definition) is 1. The summed E-state index contributed by atoms with van der Waals surface area (Å²) in [7, 11) is 0.943. The lowest BCUT2D eigenvalue weighted by molar-refractivity contribution is -0.118. The highest BCUT2D eigenvalue weighted by Gasteiger charge is 2.16. The van der Waals surface area contributed by atoms with Crippen LogP contribution in [0.25, 0.3) is 0 Å². The average Bonchev–Trinajstić information content (AvgIpc) is 2.60. The molecule has 2 aromatic rings. The van der Waals surface area contributed by atoms with Crippen LogP contribution in [0.5, 0.6) is 11.5 Å². The quantitative estimate of drug-likeness (QED) is 0.812. The van der Waals surface area contributed by atoms with Crippen molar-refractivity contribution in [2.75, 3.05) is 33.1 Å². The molecule has 0 spiro atoms. The van der Waals surface area contributed by atoms with E-state index < -0.39 is 10.0 Å². The van der Waals surface area contributed by atoms with Crippen LogP contribution in [0.4, 0.5) is 5.69 Å². The molecule has 2 rings (SSSR count). The van der Waals surface area contributed by atoms with Crippen LogP contribution in [0.3, 0.4) is 0 Å². The summed E-state index contributed by atoms with van der Waals surface area (Å²) in [5, 5.41) is 2.64. The Morgan fingerprint density at radius 3 is 2.20 bits per heavy atom. The molecule has 1 N–H and O–H groups in total. The maximum atomic E-state index is 12.0. The standard InChI is InChI=1S/C17H20N2O5S/c1-19(2)25(21,22)14-10-8-13(9-11-14)18-17(20)12-24-16-7-5-4-6-15(16)23-3/h4-11H,12H2,1-3H3,(H,18,20). The predicted octanol–water partition coefficient (Wildman–Crippen LogP) is 1.96. The fourth-order valence-electron chi connectivity index (χ4n) is 2.00. The molecule has 25 heavy (non-hydrogen) atoms. The second-order valence-electron chi connectivity index (χ2n) is 5.30. The van der Waals surface area contributed by atoms with Gasteiger partial charge in [0, 0.05) is 19.8 Å². The molecule has 0 unspecified atom stereocenters. The average molecular weight is 364 g/mol. The van der Waals surface area contributed by atoms with Crippen molar-refractivity contribution in [1.82, 2.24) is 4.31 Å². The van der Waals surface area contributed by atoms with Crippen LogP contribution in [0.2, 0.25) is 0 Å². The van der Waals surface area contributed by atoms with Gasteiger partial charge in [-0.05, 0) is 36.4 Å². The summed E-state index contributed by atoms with van der Waals surface area (Å²) in [6, 6.07) is 12.9. The molecule has 0 aliphatic carbocycles. The number of carbonyl (C=O) groups excluding carboxylic acids is 1. The topological polar surface area (TPSA) is 84.9 Å². The van der Waals surface area contributed by atoms with Crippen LogP contribution < -0.4 is 14.8 Å². The van der Waals surface area contributed by atoms with E-state index >= 15 is 0 Å². The first-order valence-electron chi connectivity index (χ1n) is 7.43. The third-order valence-corrected chi connectivity index (χ3v) is 5.17. The summed E-state index contributed by atoms with van der Waals surface area (Å²) in [6.45, 7) is -0.196. The van der Waals surface area contributed by atoms with Crippen LogP contribution in [0.1, 0.15) is 0 Å². The van der Waals surface area contributed by atoms with Crippen LogP contribution in [0, 0.1) is 0 Å². The van der Waals surface area contributed by atoms with Gasteiger partial charge < -0.3 is 14.8 Å². The molecule has 0 aliphatic rings. The molecule has 0 aliphatic heterocycles. The van der Waals surface area contributed by atoms with Gasteiger partial charge >= 0.3 is 0 Å². The lowest BCUT2D eigenvalue weighted by atomic mass is 10.3. The summed E-state index contributed by atoms with van der Waals surface area (Å²) in [4.78, 5) is 12.1. The molecule has 1 amide bonds. The van der Waals surface area contributed by atoms with Gasteiger partial charge in [-0.2, -0.15) is 0 Å². The van der Waals surface area contributed by atoms with Crippen molar-refractivity contribution in [3.8, 4) is 11.5 Å². The van der Waals surface area contributed by atoms with Gasteiger partial charge in [-0.15, -0.1) is 0 Å². The monoisotopic (exact) mass is 364 g/mol. The van der Waals surface area contributed by atoms with E-state index in [-0.39, 0.29) is 17.4 Å². The molecule has 8 heteroatoms. The zero-order chi connectivity index (χ0) is 18.4. The van der Waals surface area contributed by atoms with Gasteiger partial charge in [0.2, 0.25) is 10.0 Å². The number of sulfonamides is 1. The van der Waals surface area contributed by atoms with E-state index in [4.69, 9.17) is 9.47 Å². The van der Waals surface area contributed by atoms with Crippen LogP contribution >= 0.6 is 0 Å². The number of benzene rings is 2. The molecule has 0 bridgehead atoms. The molecule has 0 radical (unpaired) electrons. The van der Waals surface area contributed by atoms with E-state index in [1.807, 2.05) is 0 Å². The zero-order valence-corrected chi connectivity index (χ0v) is 15.0. The zero-order valence-electron chi connectivity index (χ0n) is 14.2. The van der Waals surface area contributed by atoms with Crippen molar-refractivity contribution in [2.45, 2.75) is 4.90 Å². The van der Waals surface area contributed by atoms with Crippen LogP contribution in [-0.4, -0.2) is 46.4 Å². The molecule has 7 nitrogen and oxygen atoms in total. The fraction of sp³-hybridized carbons (Fsp3) is 0.235. The Morgan fingerprint density at radius 2 is 1.64 bits per heavy atom. The summed E-state index contributed by atoms with van der Waals surface area (Å²) in [5.74, 6) is 0.634. The minimum Gasteiger partial charge on any atom is -0.493 e. The first-order chi connectivity index (χ1) is 11.8. The number of ether oxygens (including phenoxy) is 2. The second-order valence-corrected chi connectivity index (χ2v) is 7.45. The van der Waals surface area contributed by atoms with Gasteiger partial charge in [0.15, 0.2) is 18.1 Å². The summed E-state index contributed by atoms with van der Waals surface area (Å²) < 4.78 is 35.7.